The molecular weight excluding hydrogens is 602 g/mol. The van der Waals surface area contributed by atoms with Crippen LogP contribution in [0, 0.1) is 24.3 Å². The van der Waals surface area contributed by atoms with Crippen molar-refractivity contribution in [3.8, 4) is 0 Å². The molecule has 0 spiro atoms. The van der Waals surface area contributed by atoms with E-state index in [1.165, 1.54) is 0 Å². The maximum absolute atomic E-state index is 7.50. The second kappa shape index (κ2) is 23.5. The van der Waals surface area contributed by atoms with Gasteiger partial charge in [-0.15, -0.1) is 0 Å². The minimum Gasteiger partial charge on any atom is -0.380 e. The normalized spacial score (nSPS) is 11.4. The molecular formula is C41H49NO6. The predicted octanol–water partition coefficient (Wildman–Crippen LogP) is 7.65. The first-order chi connectivity index (χ1) is 23.8. The van der Waals surface area contributed by atoms with Crippen LogP contribution in [-0.2, 0) is 54.8 Å². The number of rotatable bonds is 25. The largest absolute Gasteiger partial charge is 0.380 e. The first-order valence-corrected chi connectivity index (χ1v) is 16.7. The molecule has 7 nitrogen and oxygen atoms in total. The summed E-state index contributed by atoms with van der Waals surface area (Å²) in [6, 6.07) is 40.6. The molecule has 0 aliphatic carbocycles. The lowest BCUT2D eigenvalue weighted by molar-refractivity contribution is -0.0390. The molecule has 254 valence electrons. The average molecular weight is 652 g/mol. The van der Waals surface area contributed by atoms with E-state index in [-0.39, 0.29) is 17.8 Å². The van der Waals surface area contributed by atoms with Gasteiger partial charge in [-0.3, -0.25) is 0 Å². The highest BCUT2D eigenvalue weighted by Gasteiger charge is 2.18. The lowest BCUT2D eigenvalue weighted by Gasteiger charge is -2.21. The molecule has 0 aliphatic rings. The number of benzene rings is 4. The van der Waals surface area contributed by atoms with Gasteiger partial charge in [0, 0.05) is 11.8 Å². The SMILES string of the molecule is [C-]#[N+]CC(COCC(COCc1ccccc1)COCc1ccccc1)COCC(COCc1ccccc1)COCc1ccccc1. The van der Waals surface area contributed by atoms with Gasteiger partial charge in [0.1, 0.15) is 0 Å². The molecule has 4 aromatic carbocycles. The second-order valence-corrected chi connectivity index (χ2v) is 12.0. The Bertz CT molecular complexity index is 1190. The van der Waals surface area contributed by atoms with Crippen LogP contribution in [0.25, 0.3) is 4.85 Å². The minimum atomic E-state index is -0.0465. The van der Waals surface area contributed by atoms with Gasteiger partial charge >= 0.3 is 0 Å². The van der Waals surface area contributed by atoms with Crippen LogP contribution in [0.1, 0.15) is 22.3 Å². The Kier molecular flexibility index (Phi) is 18.1. The smallest absolute Gasteiger partial charge is 0.221 e. The van der Waals surface area contributed by atoms with E-state index in [1.807, 2.05) is 72.8 Å². The topological polar surface area (TPSA) is 59.7 Å². The summed E-state index contributed by atoms with van der Waals surface area (Å²) in [6.07, 6.45) is 0. The van der Waals surface area contributed by atoms with Crippen molar-refractivity contribution in [1.82, 2.24) is 0 Å². The average Bonchev–Trinajstić information content (AvgIpc) is 3.13. The molecule has 0 aliphatic heterocycles. The molecule has 0 aromatic heterocycles. The fourth-order valence-corrected chi connectivity index (χ4v) is 5.04. The van der Waals surface area contributed by atoms with E-state index < -0.39 is 0 Å². The lowest BCUT2D eigenvalue weighted by Crippen LogP contribution is -2.27. The Labute approximate surface area is 286 Å². The van der Waals surface area contributed by atoms with Gasteiger partial charge in [-0.05, 0) is 22.3 Å². The first kappa shape index (κ1) is 37.0. The molecule has 7 heteroatoms. The summed E-state index contributed by atoms with van der Waals surface area (Å²) in [7, 11) is 0. The van der Waals surface area contributed by atoms with Crippen LogP contribution in [0.4, 0.5) is 0 Å². The minimum absolute atomic E-state index is 0.0465. The van der Waals surface area contributed by atoms with Gasteiger partial charge in [0.15, 0.2) is 0 Å². The van der Waals surface area contributed by atoms with Crippen LogP contribution >= 0.6 is 0 Å². The quantitative estimate of drug-likeness (QED) is 0.0687. The molecule has 0 amide bonds. The summed E-state index contributed by atoms with van der Waals surface area (Å²) in [6.45, 7) is 13.8. The van der Waals surface area contributed by atoms with Crippen molar-refractivity contribution in [1.29, 1.82) is 0 Å². The van der Waals surface area contributed by atoms with Gasteiger partial charge in [-0.25, -0.2) is 6.57 Å². The van der Waals surface area contributed by atoms with E-state index in [2.05, 4.69) is 53.4 Å². The number of hydrogen-bond donors (Lipinski definition) is 0. The van der Waals surface area contributed by atoms with E-state index in [4.69, 9.17) is 35.0 Å². The van der Waals surface area contributed by atoms with Gasteiger partial charge < -0.3 is 33.3 Å². The zero-order valence-electron chi connectivity index (χ0n) is 27.9. The molecule has 0 radical (unpaired) electrons. The molecule has 48 heavy (non-hydrogen) atoms. The van der Waals surface area contributed by atoms with Crippen molar-refractivity contribution in [2.24, 2.45) is 17.8 Å². The second-order valence-electron chi connectivity index (χ2n) is 12.0. The molecule has 0 saturated carbocycles. The van der Waals surface area contributed by atoms with Crippen molar-refractivity contribution in [2.45, 2.75) is 26.4 Å². The Morgan fingerprint density at radius 3 is 0.875 bits per heavy atom. The van der Waals surface area contributed by atoms with Gasteiger partial charge in [-0.2, -0.15) is 0 Å². The molecule has 4 aromatic rings. The molecule has 0 N–H and O–H groups in total. The molecule has 0 fully saturated rings. The summed E-state index contributed by atoms with van der Waals surface area (Å²) in [4.78, 5) is 3.66. The monoisotopic (exact) mass is 651 g/mol. The fraction of sp³-hybridized carbons (Fsp3) is 0.390. The van der Waals surface area contributed by atoms with Crippen LogP contribution in [0.5, 0.6) is 0 Å². The van der Waals surface area contributed by atoms with Crippen molar-refractivity contribution >= 4 is 0 Å². The van der Waals surface area contributed by atoms with Crippen LogP contribution in [-0.4, -0.2) is 59.4 Å². The molecule has 4 rings (SSSR count). The van der Waals surface area contributed by atoms with Gasteiger partial charge in [0.2, 0.25) is 6.54 Å². The Balaban J connectivity index is 1.22. The summed E-state index contributed by atoms with van der Waals surface area (Å²) < 4.78 is 36.5. The Morgan fingerprint density at radius 2 is 0.604 bits per heavy atom. The molecule has 0 heterocycles. The van der Waals surface area contributed by atoms with Crippen LogP contribution in [0.15, 0.2) is 121 Å². The molecule has 0 saturated heterocycles. The third-order valence-electron chi connectivity index (χ3n) is 7.62. The van der Waals surface area contributed by atoms with Crippen molar-refractivity contribution in [2.75, 3.05) is 59.4 Å². The van der Waals surface area contributed by atoms with Crippen molar-refractivity contribution < 1.29 is 28.4 Å². The number of nitrogens with zero attached hydrogens (tertiary/aromatic N) is 1. The van der Waals surface area contributed by atoms with Crippen LogP contribution < -0.4 is 0 Å². The van der Waals surface area contributed by atoms with E-state index in [0.29, 0.717) is 85.8 Å². The van der Waals surface area contributed by atoms with Crippen LogP contribution in [0.3, 0.4) is 0 Å². The van der Waals surface area contributed by atoms with Crippen LogP contribution in [0.2, 0.25) is 0 Å². The highest BCUT2D eigenvalue weighted by Crippen LogP contribution is 2.12. The maximum Gasteiger partial charge on any atom is 0.221 e. The standard InChI is InChI=1S/C41H49NO6/c1-42-22-39(27-47-33-40(29-43-23-35-14-6-2-7-15-35)30-44-24-36-16-8-3-9-17-36)28-48-34-41(31-45-25-37-18-10-4-11-19-37)32-46-26-38-20-12-5-13-21-38/h2-21,39-41H,22-34H2. The maximum atomic E-state index is 7.50. The summed E-state index contributed by atoms with van der Waals surface area (Å²) in [5.74, 6) is 0.0643. The highest BCUT2D eigenvalue weighted by molar-refractivity contribution is 5.15. The van der Waals surface area contributed by atoms with E-state index in [9.17, 15) is 0 Å². The third-order valence-corrected chi connectivity index (χ3v) is 7.62. The van der Waals surface area contributed by atoms with Crippen molar-refractivity contribution in [3.05, 3.63) is 155 Å². The predicted molar refractivity (Wildman–Crippen MR) is 188 cm³/mol. The Morgan fingerprint density at radius 1 is 0.354 bits per heavy atom. The first-order valence-electron chi connectivity index (χ1n) is 16.7. The third kappa shape index (κ3) is 15.8. The van der Waals surface area contributed by atoms with Gasteiger partial charge in [0.05, 0.1) is 85.2 Å². The number of ether oxygens (including phenoxy) is 6. The Hall–Kier alpha value is -3.87. The van der Waals surface area contributed by atoms with Gasteiger partial charge in [0.25, 0.3) is 0 Å². The zero-order valence-corrected chi connectivity index (χ0v) is 27.9. The number of hydrogen-bond acceptors (Lipinski definition) is 6. The highest BCUT2D eigenvalue weighted by atomic mass is 16.5. The van der Waals surface area contributed by atoms with E-state index in [0.717, 1.165) is 22.3 Å². The summed E-state index contributed by atoms with van der Waals surface area (Å²) >= 11 is 0. The van der Waals surface area contributed by atoms with E-state index in [1.54, 1.807) is 0 Å². The lowest BCUT2D eigenvalue weighted by atomic mass is 10.1. The van der Waals surface area contributed by atoms with Crippen molar-refractivity contribution in [3.63, 3.8) is 0 Å². The zero-order chi connectivity index (χ0) is 33.3. The summed E-state index contributed by atoms with van der Waals surface area (Å²) in [5.41, 5.74) is 4.52. The molecule has 0 atom stereocenters. The van der Waals surface area contributed by atoms with E-state index >= 15 is 0 Å². The fourth-order valence-electron chi connectivity index (χ4n) is 5.04. The molecule has 0 bridgehead atoms. The summed E-state index contributed by atoms with van der Waals surface area (Å²) in [5, 5.41) is 0. The molecule has 0 unspecified atom stereocenters. The van der Waals surface area contributed by atoms with Gasteiger partial charge in [-0.1, -0.05) is 121 Å².